The number of aromatic nitrogens is 1. The standard InChI is InChI=1S/C7H4ClF2N3/c8-5-3(1-11)4(6(9)10)2-13-7(5)12/h2,6H,(H2,12,13). The van der Waals surface area contributed by atoms with Crippen molar-refractivity contribution in [1.82, 2.24) is 4.98 Å². The van der Waals surface area contributed by atoms with Crippen molar-refractivity contribution >= 4 is 17.4 Å². The Kier molecular flexibility index (Phi) is 2.63. The first kappa shape index (κ1) is 9.68. The smallest absolute Gasteiger partial charge is 0.266 e. The number of pyridine rings is 1. The SMILES string of the molecule is N#Cc1c(C(F)F)cnc(N)c1Cl. The number of hydrogen-bond donors (Lipinski definition) is 1. The minimum Gasteiger partial charge on any atom is -0.382 e. The van der Waals surface area contributed by atoms with E-state index in [9.17, 15) is 8.78 Å². The Labute approximate surface area is 77.7 Å². The third-order valence-electron chi connectivity index (χ3n) is 1.42. The second-order valence-electron chi connectivity index (χ2n) is 2.20. The normalized spacial score (nSPS) is 10.1. The summed E-state index contributed by atoms with van der Waals surface area (Å²) in [5, 5.41) is 8.30. The Morgan fingerprint density at radius 1 is 1.62 bits per heavy atom. The van der Waals surface area contributed by atoms with Crippen molar-refractivity contribution in [3.05, 3.63) is 22.3 Å². The van der Waals surface area contributed by atoms with Gasteiger partial charge in [-0.05, 0) is 0 Å². The molecule has 0 aliphatic rings. The average Bonchev–Trinajstić information content (AvgIpc) is 2.09. The highest BCUT2D eigenvalue weighted by molar-refractivity contribution is 6.34. The van der Waals surface area contributed by atoms with Crippen molar-refractivity contribution in [1.29, 1.82) is 5.26 Å². The Morgan fingerprint density at radius 2 is 2.23 bits per heavy atom. The van der Waals surface area contributed by atoms with Gasteiger partial charge in [-0.2, -0.15) is 5.26 Å². The molecule has 0 spiro atoms. The minimum atomic E-state index is -2.78. The van der Waals surface area contributed by atoms with Crippen LogP contribution in [-0.2, 0) is 0 Å². The molecular formula is C7H4ClF2N3. The summed E-state index contributed by atoms with van der Waals surface area (Å²) in [6.45, 7) is 0. The molecule has 0 saturated heterocycles. The molecule has 0 fully saturated rings. The minimum absolute atomic E-state index is 0.123. The molecule has 0 aliphatic heterocycles. The van der Waals surface area contributed by atoms with E-state index in [1.165, 1.54) is 0 Å². The summed E-state index contributed by atoms with van der Waals surface area (Å²) in [6.07, 6.45) is -1.93. The first-order valence-electron chi connectivity index (χ1n) is 3.20. The number of anilines is 1. The van der Waals surface area contributed by atoms with Crippen LogP contribution in [0.5, 0.6) is 0 Å². The van der Waals surface area contributed by atoms with E-state index in [1.807, 2.05) is 0 Å². The number of halogens is 3. The highest BCUT2D eigenvalue weighted by Crippen LogP contribution is 2.29. The molecule has 0 aromatic carbocycles. The fourth-order valence-electron chi connectivity index (χ4n) is 0.794. The van der Waals surface area contributed by atoms with Crippen molar-refractivity contribution in [2.75, 3.05) is 5.73 Å². The van der Waals surface area contributed by atoms with Crippen LogP contribution in [0.1, 0.15) is 17.6 Å². The molecule has 1 aromatic heterocycles. The van der Waals surface area contributed by atoms with Crippen molar-refractivity contribution in [2.45, 2.75) is 6.43 Å². The Morgan fingerprint density at radius 3 is 2.69 bits per heavy atom. The summed E-state index contributed by atoms with van der Waals surface area (Å²) in [5.41, 5.74) is 4.41. The van der Waals surface area contributed by atoms with Gasteiger partial charge < -0.3 is 5.73 Å². The molecule has 3 nitrogen and oxygen atoms in total. The Balaban J connectivity index is 3.41. The van der Waals surface area contributed by atoms with E-state index < -0.39 is 12.0 Å². The molecule has 0 aliphatic carbocycles. The van der Waals surface area contributed by atoms with Crippen LogP contribution >= 0.6 is 11.6 Å². The number of rotatable bonds is 1. The van der Waals surface area contributed by atoms with Gasteiger partial charge >= 0.3 is 0 Å². The third kappa shape index (κ3) is 1.68. The zero-order valence-corrected chi connectivity index (χ0v) is 7.02. The van der Waals surface area contributed by atoms with Gasteiger partial charge in [0.25, 0.3) is 6.43 Å². The zero-order valence-electron chi connectivity index (χ0n) is 6.26. The second kappa shape index (κ2) is 3.54. The van der Waals surface area contributed by atoms with Gasteiger partial charge in [0.2, 0.25) is 0 Å². The van der Waals surface area contributed by atoms with Crippen molar-refractivity contribution < 1.29 is 8.78 Å². The lowest BCUT2D eigenvalue weighted by molar-refractivity contribution is 0.150. The highest BCUT2D eigenvalue weighted by Gasteiger charge is 2.17. The van der Waals surface area contributed by atoms with Crippen LogP contribution in [0.15, 0.2) is 6.20 Å². The molecule has 2 N–H and O–H groups in total. The first-order chi connectivity index (χ1) is 6.07. The summed E-state index contributed by atoms with van der Waals surface area (Å²) in [5.74, 6) is -0.123. The zero-order chi connectivity index (χ0) is 10.0. The molecule has 68 valence electrons. The molecule has 0 saturated carbocycles. The van der Waals surface area contributed by atoms with E-state index in [0.29, 0.717) is 0 Å². The van der Waals surface area contributed by atoms with Gasteiger partial charge in [-0.25, -0.2) is 13.8 Å². The van der Waals surface area contributed by atoms with E-state index in [4.69, 9.17) is 22.6 Å². The van der Waals surface area contributed by atoms with Crippen molar-refractivity contribution in [3.63, 3.8) is 0 Å². The van der Waals surface area contributed by atoms with Crippen molar-refractivity contribution in [2.24, 2.45) is 0 Å². The van der Waals surface area contributed by atoms with Crippen LogP contribution in [-0.4, -0.2) is 4.98 Å². The molecule has 1 aromatic rings. The van der Waals surface area contributed by atoms with E-state index >= 15 is 0 Å². The summed E-state index contributed by atoms with van der Waals surface area (Å²) in [4.78, 5) is 3.42. The lowest BCUT2D eigenvalue weighted by Crippen LogP contribution is -1.99. The summed E-state index contributed by atoms with van der Waals surface area (Å²) < 4.78 is 24.5. The maximum atomic E-state index is 12.2. The molecule has 1 rings (SSSR count). The van der Waals surface area contributed by atoms with Crippen LogP contribution in [0.2, 0.25) is 5.02 Å². The molecule has 1 heterocycles. The number of hydrogen-bond acceptors (Lipinski definition) is 3. The van der Waals surface area contributed by atoms with Crippen LogP contribution in [0, 0.1) is 11.3 Å². The predicted molar refractivity (Wildman–Crippen MR) is 43.3 cm³/mol. The molecule has 0 atom stereocenters. The van der Waals surface area contributed by atoms with Gasteiger partial charge in [-0.1, -0.05) is 11.6 Å². The fourth-order valence-corrected chi connectivity index (χ4v) is 0.994. The lowest BCUT2D eigenvalue weighted by atomic mass is 10.1. The fraction of sp³-hybridized carbons (Fsp3) is 0.143. The van der Waals surface area contributed by atoms with Gasteiger partial charge in [-0.15, -0.1) is 0 Å². The first-order valence-corrected chi connectivity index (χ1v) is 3.57. The molecule has 0 radical (unpaired) electrons. The molecule has 0 bridgehead atoms. The van der Waals surface area contributed by atoms with Crippen LogP contribution in [0.4, 0.5) is 14.6 Å². The van der Waals surface area contributed by atoms with Gasteiger partial charge in [-0.3, -0.25) is 0 Å². The van der Waals surface area contributed by atoms with E-state index in [1.54, 1.807) is 6.07 Å². The second-order valence-corrected chi connectivity index (χ2v) is 2.58. The highest BCUT2D eigenvalue weighted by atomic mass is 35.5. The van der Waals surface area contributed by atoms with Crippen LogP contribution in [0.25, 0.3) is 0 Å². The lowest BCUT2D eigenvalue weighted by Gasteiger charge is -2.04. The molecule has 0 unspecified atom stereocenters. The molecule has 0 amide bonds. The van der Waals surface area contributed by atoms with E-state index in [2.05, 4.69) is 4.98 Å². The quantitative estimate of drug-likeness (QED) is 0.761. The Bertz CT molecular complexity index is 373. The van der Waals surface area contributed by atoms with E-state index in [-0.39, 0.29) is 16.4 Å². The van der Waals surface area contributed by atoms with Crippen LogP contribution in [0.3, 0.4) is 0 Å². The van der Waals surface area contributed by atoms with Crippen molar-refractivity contribution in [3.8, 4) is 6.07 Å². The van der Waals surface area contributed by atoms with Gasteiger partial charge in [0.1, 0.15) is 16.9 Å². The number of nitrogens with zero attached hydrogens (tertiary/aromatic N) is 2. The maximum absolute atomic E-state index is 12.2. The number of nitriles is 1. The average molecular weight is 204 g/mol. The van der Waals surface area contributed by atoms with Gasteiger partial charge in [0.05, 0.1) is 11.1 Å². The summed E-state index contributed by atoms with van der Waals surface area (Å²) >= 11 is 5.50. The summed E-state index contributed by atoms with van der Waals surface area (Å²) in [6, 6.07) is 1.55. The Hall–Kier alpha value is -1.41. The predicted octanol–water partition coefficient (Wildman–Crippen LogP) is 2.13. The molecule has 6 heteroatoms. The van der Waals surface area contributed by atoms with Crippen LogP contribution < -0.4 is 5.73 Å². The van der Waals surface area contributed by atoms with Gasteiger partial charge in [0, 0.05) is 6.20 Å². The summed E-state index contributed by atoms with van der Waals surface area (Å²) in [7, 11) is 0. The van der Waals surface area contributed by atoms with Gasteiger partial charge in [0.15, 0.2) is 0 Å². The number of nitrogens with two attached hydrogens (primary N) is 1. The monoisotopic (exact) mass is 203 g/mol. The number of alkyl halides is 2. The largest absolute Gasteiger partial charge is 0.382 e. The topological polar surface area (TPSA) is 62.7 Å². The third-order valence-corrected chi connectivity index (χ3v) is 1.81. The number of nitrogen functional groups attached to an aromatic ring is 1. The maximum Gasteiger partial charge on any atom is 0.266 e. The molecule has 13 heavy (non-hydrogen) atoms. The molecular weight excluding hydrogens is 200 g/mol. The van der Waals surface area contributed by atoms with E-state index in [0.717, 1.165) is 6.20 Å².